The van der Waals surface area contributed by atoms with E-state index in [9.17, 15) is 9.90 Å². The minimum Gasteiger partial charge on any atom is -0.489 e. The Morgan fingerprint density at radius 1 is 1.32 bits per heavy atom. The van der Waals surface area contributed by atoms with Gasteiger partial charge in [-0.3, -0.25) is 0 Å². The largest absolute Gasteiger partial charge is 0.489 e. The lowest BCUT2D eigenvalue weighted by atomic mass is 9.89. The van der Waals surface area contributed by atoms with Crippen LogP contribution in [0.4, 0.5) is 4.79 Å². The van der Waals surface area contributed by atoms with Crippen LogP contribution in [0.3, 0.4) is 0 Å². The molecule has 1 fully saturated rings. The molecule has 1 heterocycles. The standard InChI is InChI=1S/C21H29Cl2NO4/c1-5-11-27-18-13-17(23)16(22)12-15(18)19(25)14-7-6-9-24(10-8-14)20(26)28-21(2,3)4/h5,12-14,19,25H,1,6-11H2,2-4H3. The molecule has 1 aliphatic heterocycles. The third-order valence-electron chi connectivity index (χ3n) is 4.60. The molecule has 0 saturated carbocycles. The molecule has 1 aliphatic rings. The Balaban J connectivity index is 2.12. The Morgan fingerprint density at radius 2 is 2.00 bits per heavy atom. The topological polar surface area (TPSA) is 59.0 Å². The summed E-state index contributed by atoms with van der Waals surface area (Å²) in [5.74, 6) is 0.464. The van der Waals surface area contributed by atoms with E-state index in [1.165, 1.54) is 0 Å². The van der Waals surface area contributed by atoms with Crippen LogP contribution >= 0.6 is 23.2 Å². The van der Waals surface area contributed by atoms with Crippen molar-refractivity contribution in [2.24, 2.45) is 5.92 Å². The maximum atomic E-state index is 12.3. The predicted molar refractivity (Wildman–Crippen MR) is 112 cm³/mol. The van der Waals surface area contributed by atoms with Gasteiger partial charge in [0.05, 0.1) is 16.1 Å². The van der Waals surface area contributed by atoms with Gasteiger partial charge >= 0.3 is 6.09 Å². The number of hydrogen-bond donors (Lipinski definition) is 1. The second-order valence-corrected chi connectivity index (χ2v) is 8.82. The lowest BCUT2D eigenvalue weighted by Gasteiger charge is -2.27. The van der Waals surface area contributed by atoms with Gasteiger partial charge in [0.15, 0.2) is 0 Å². The molecule has 1 aromatic rings. The van der Waals surface area contributed by atoms with Crippen LogP contribution < -0.4 is 4.74 Å². The van der Waals surface area contributed by atoms with Crippen LogP contribution in [0.1, 0.15) is 51.7 Å². The van der Waals surface area contributed by atoms with Gasteiger partial charge in [-0.2, -0.15) is 0 Å². The van der Waals surface area contributed by atoms with Crippen molar-refractivity contribution in [1.29, 1.82) is 0 Å². The minimum absolute atomic E-state index is 0.0317. The Bertz CT molecular complexity index is 702. The molecule has 0 radical (unpaired) electrons. The number of carbonyl (C=O) groups excluding carboxylic acids is 1. The molecule has 0 aliphatic carbocycles. The Labute approximate surface area is 177 Å². The summed E-state index contributed by atoms with van der Waals surface area (Å²) >= 11 is 12.3. The number of halogens is 2. The molecular formula is C21H29Cl2NO4. The van der Waals surface area contributed by atoms with Crippen molar-refractivity contribution in [3.63, 3.8) is 0 Å². The molecule has 5 nitrogen and oxygen atoms in total. The summed E-state index contributed by atoms with van der Waals surface area (Å²) < 4.78 is 11.1. The summed E-state index contributed by atoms with van der Waals surface area (Å²) in [6.45, 7) is 10.6. The monoisotopic (exact) mass is 429 g/mol. The van der Waals surface area contributed by atoms with Crippen molar-refractivity contribution < 1.29 is 19.4 Å². The van der Waals surface area contributed by atoms with Crippen LogP contribution in [0.2, 0.25) is 10.0 Å². The van der Waals surface area contributed by atoms with Gasteiger partial charge in [-0.05, 0) is 52.0 Å². The maximum absolute atomic E-state index is 12.3. The third-order valence-corrected chi connectivity index (χ3v) is 5.32. The number of aliphatic hydroxyl groups excluding tert-OH is 1. The van der Waals surface area contributed by atoms with Crippen LogP contribution in [-0.2, 0) is 4.74 Å². The summed E-state index contributed by atoms with van der Waals surface area (Å²) in [5.41, 5.74) is 0.0756. The van der Waals surface area contributed by atoms with E-state index in [0.29, 0.717) is 47.5 Å². The highest BCUT2D eigenvalue weighted by Crippen LogP contribution is 2.39. The molecule has 2 atom stereocenters. The minimum atomic E-state index is -0.770. The summed E-state index contributed by atoms with van der Waals surface area (Å²) in [4.78, 5) is 14.1. The van der Waals surface area contributed by atoms with Gasteiger partial charge in [0.25, 0.3) is 0 Å². The Kier molecular flexibility index (Phi) is 8.05. The zero-order valence-electron chi connectivity index (χ0n) is 16.7. The summed E-state index contributed by atoms with van der Waals surface area (Å²) in [6.07, 6.45) is 2.76. The molecule has 1 aromatic carbocycles. The van der Waals surface area contributed by atoms with E-state index in [4.69, 9.17) is 32.7 Å². The molecule has 0 aromatic heterocycles. The molecule has 1 amide bonds. The molecule has 1 N–H and O–H groups in total. The highest BCUT2D eigenvalue weighted by molar-refractivity contribution is 6.42. The van der Waals surface area contributed by atoms with E-state index in [1.807, 2.05) is 20.8 Å². The summed E-state index contributed by atoms with van der Waals surface area (Å²) in [5, 5.41) is 11.8. The number of ether oxygens (including phenoxy) is 2. The normalized spacial score (nSPS) is 18.9. The van der Waals surface area contributed by atoms with E-state index < -0.39 is 11.7 Å². The van der Waals surface area contributed by atoms with Crippen molar-refractivity contribution in [3.05, 3.63) is 40.4 Å². The average molecular weight is 430 g/mol. The number of amides is 1. The van der Waals surface area contributed by atoms with Crippen molar-refractivity contribution >= 4 is 29.3 Å². The molecular weight excluding hydrogens is 401 g/mol. The van der Waals surface area contributed by atoms with Gasteiger partial charge in [-0.25, -0.2) is 4.79 Å². The molecule has 7 heteroatoms. The van der Waals surface area contributed by atoms with E-state index in [1.54, 1.807) is 23.1 Å². The van der Waals surface area contributed by atoms with Crippen molar-refractivity contribution in [3.8, 4) is 5.75 Å². The number of hydrogen-bond acceptors (Lipinski definition) is 4. The molecule has 2 rings (SSSR count). The first-order chi connectivity index (χ1) is 13.1. The fraction of sp³-hybridized carbons (Fsp3) is 0.571. The van der Waals surface area contributed by atoms with E-state index >= 15 is 0 Å². The molecule has 2 unspecified atom stereocenters. The second kappa shape index (κ2) is 9.86. The summed E-state index contributed by atoms with van der Waals surface area (Å²) in [6, 6.07) is 3.28. The molecule has 28 heavy (non-hydrogen) atoms. The van der Waals surface area contributed by atoms with Crippen molar-refractivity contribution in [1.82, 2.24) is 4.90 Å². The van der Waals surface area contributed by atoms with Gasteiger partial charge in [0.1, 0.15) is 18.0 Å². The predicted octanol–water partition coefficient (Wildman–Crippen LogP) is 5.63. The lowest BCUT2D eigenvalue weighted by molar-refractivity contribution is 0.0247. The molecule has 156 valence electrons. The molecule has 0 bridgehead atoms. The average Bonchev–Trinajstić information content (AvgIpc) is 2.86. The fourth-order valence-electron chi connectivity index (χ4n) is 3.25. The zero-order chi connectivity index (χ0) is 20.9. The Morgan fingerprint density at radius 3 is 2.64 bits per heavy atom. The SMILES string of the molecule is C=CCOc1cc(Cl)c(Cl)cc1C(O)C1CCCN(C(=O)OC(C)(C)C)CC1. The van der Waals surface area contributed by atoms with Crippen molar-refractivity contribution in [2.75, 3.05) is 19.7 Å². The fourth-order valence-corrected chi connectivity index (χ4v) is 3.58. The number of likely N-dealkylation sites (tertiary alicyclic amines) is 1. The van der Waals surface area contributed by atoms with Gasteiger partial charge in [-0.15, -0.1) is 0 Å². The van der Waals surface area contributed by atoms with Crippen LogP contribution in [-0.4, -0.2) is 41.4 Å². The van der Waals surface area contributed by atoms with Crippen LogP contribution in [0.5, 0.6) is 5.75 Å². The van der Waals surface area contributed by atoms with Gasteiger partial charge in [-0.1, -0.05) is 35.9 Å². The van der Waals surface area contributed by atoms with Crippen LogP contribution in [0.25, 0.3) is 0 Å². The number of carbonyl (C=O) groups is 1. The first-order valence-electron chi connectivity index (χ1n) is 9.51. The number of nitrogens with zero attached hydrogens (tertiary/aromatic N) is 1. The highest BCUT2D eigenvalue weighted by Gasteiger charge is 2.30. The number of rotatable bonds is 5. The first kappa shape index (κ1) is 22.9. The van der Waals surface area contributed by atoms with Crippen molar-refractivity contribution in [2.45, 2.75) is 51.7 Å². The smallest absolute Gasteiger partial charge is 0.410 e. The number of benzene rings is 1. The van der Waals surface area contributed by atoms with Crippen LogP contribution in [0, 0.1) is 5.92 Å². The van der Waals surface area contributed by atoms with Gasteiger partial charge in [0.2, 0.25) is 0 Å². The maximum Gasteiger partial charge on any atom is 0.410 e. The van der Waals surface area contributed by atoms with Gasteiger partial charge < -0.3 is 19.5 Å². The van der Waals surface area contributed by atoms with Crippen LogP contribution in [0.15, 0.2) is 24.8 Å². The second-order valence-electron chi connectivity index (χ2n) is 8.01. The van der Waals surface area contributed by atoms with E-state index in [0.717, 1.165) is 12.8 Å². The Hall–Kier alpha value is -1.43. The lowest BCUT2D eigenvalue weighted by Crippen LogP contribution is -2.37. The van der Waals surface area contributed by atoms with Gasteiger partial charge in [0, 0.05) is 24.7 Å². The quantitative estimate of drug-likeness (QED) is 0.616. The molecule has 0 spiro atoms. The summed E-state index contributed by atoms with van der Waals surface area (Å²) in [7, 11) is 0. The highest BCUT2D eigenvalue weighted by atomic mass is 35.5. The number of aliphatic hydroxyl groups is 1. The first-order valence-corrected chi connectivity index (χ1v) is 10.3. The molecule has 1 saturated heterocycles. The van der Waals surface area contributed by atoms with E-state index in [-0.39, 0.29) is 12.0 Å². The third kappa shape index (κ3) is 6.29. The van der Waals surface area contributed by atoms with E-state index in [2.05, 4.69) is 6.58 Å². The zero-order valence-corrected chi connectivity index (χ0v) is 18.2.